The van der Waals surface area contributed by atoms with Gasteiger partial charge in [-0.1, -0.05) is 29.8 Å². The first kappa shape index (κ1) is 15.4. The highest BCUT2D eigenvalue weighted by atomic mass is 79.9. The molecular weight excluding hydrogens is 320 g/mol. The molecule has 20 heavy (non-hydrogen) atoms. The first-order valence-corrected chi connectivity index (χ1v) is 7.83. The van der Waals surface area contributed by atoms with Crippen molar-refractivity contribution < 1.29 is 4.92 Å². The Labute approximate surface area is 128 Å². The minimum absolute atomic E-state index is 0.125. The Morgan fingerprint density at radius 3 is 2.60 bits per heavy atom. The molecular formula is C15H21BrN2O2. The lowest BCUT2D eigenvalue weighted by molar-refractivity contribution is -0.384. The number of hydrogen-bond donors (Lipinski definition) is 1. The summed E-state index contributed by atoms with van der Waals surface area (Å²) in [5.41, 5.74) is 1.67. The van der Waals surface area contributed by atoms with Gasteiger partial charge in [0, 0.05) is 29.2 Å². The van der Waals surface area contributed by atoms with Gasteiger partial charge in [-0.15, -0.1) is 0 Å². The Bertz CT molecular complexity index is 493. The molecule has 0 aliphatic heterocycles. The molecule has 1 saturated carbocycles. The maximum Gasteiger partial charge on any atom is 0.270 e. The van der Waals surface area contributed by atoms with Gasteiger partial charge in [0.1, 0.15) is 0 Å². The van der Waals surface area contributed by atoms with Crippen LogP contribution in [-0.2, 0) is 6.54 Å². The van der Waals surface area contributed by atoms with E-state index in [1.807, 2.05) is 6.07 Å². The summed E-state index contributed by atoms with van der Waals surface area (Å²) in [5, 5.41) is 14.3. The second-order valence-electron chi connectivity index (χ2n) is 6.35. The van der Waals surface area contributed by atoms with Crippen LogP contribution in [0.15, 0.2) is 22.7 Å². The maximum absolute atomic E-state index is 10.7. The molecule has 1 fully saturated rings. The second-order valence-corrected chi connectivity index (χ2v) is 7.21. The average Bonchev–Trinajstić information content (AvgIpc) is 2.38. The number of nitrogens with one attached hydrogen (secondary N) is 1. The highest BCUT2D eigenvalue weighted by Gasteiger charge is 2.26. The predicted molar refractivity (Wildman–Crippen MR) is 83.7 cm³/mol. The molecule has 0 atom stereocenters. The van der Waals surface area contributed by atoms with Crippen molar-refractivity contribution in [1.29, 1.82) is 0 Å². The van der Waals surface area contributed by atoms with Crippen molar-refractivity contribution >= 4 is 21.6 Å². The van der Waals surface area contributed by atoms with Gasteiger partial charge >= 0.3 is 0 Å². The largest absolute Gasteiger partial charge is 0.310 e. The fraction of sp³-hybridized carbons (Fsp3) is 0.600. The molecule has 4 nitrogen and oxygen atoms in total. The van der Waals surface area contributed by atoms with E-state index in [9.17, 15) is 10.1 Å². The van der Waals surface area contributed by atoms with Crippen LogP contribution in [0.4, 0.5) is 5.69 Å². The maximum atomic E-state index is 10.7. The van der Waals surface area contributed by atoms with Gasteiger partial charge in [-0.3, -0.25) is 10.1 Å². The van der Waals surface area contributed by atoms with Crippen LogP contribution in [0, 0.1) is 15.5 Å². The molecule has 110 valence electrons. The Kier molecular flexibility index (Phi) is 4.81. The summed E-state index contributed by atoms with van der Waals surface area (Å²) in [6.07, 6.45) is 4.92. The molecule has 1 aromatic rings. The minimum Gasteiger partial charge on any atom is -0.310 e. The molecule has 1 N–H and O–H groups in total. The fourth-order valence-corrected chi connectivity index (χ4v) is 3.16. The smallest absolute Gasteiger partial charge is 0.270 e. The summed E-state index contributed by atoms with van der Waals surface area (Å²) in [4.78, 5) is 10.3. The number of rotatable bonds is 4. The van der Waals surface area contributed by atoms with Crippen molar-refractivity contribution in [3.05, 3.63) is 38.3 Å². The van der Waals surface area contributed by atoms with Crippen LogP contribution in [0.3, 0.4) is 0 Å². The van der Waals surface area contributed by atoms with E-state index in [-0.39, 0.29) is 10.6 Å². The van der Waals surface area contributed by atoms with Crippen molar-refractivity contribution in [2.75, 3.05) is 0 Å². The summed E-state index contributed by atoms with van der Waals surface area (Å²) < 4.78 is 0.801. The molecule has 0 amide bonds. The van der Waals surface area contributed by atoms with E-state index < -0.39 is 0 Å². The third-order valence-electron chi connectivity index (χ3n) is 4.17. The quantitative estimate of drug-likeness (QED) is 0.652. The molecule has 1 aromatic carbocycles. The Morgan fingerprint density at radius 2 is 2.05 bits per heavy atom. The lowest BCUT2D eigenvalue weighted by atomic mass is 9.75. The Morgan fingerprint density at radius 1 is 1.40 bits per heavy atom. The van der Waals surface area contributed by atoms with Gasteiger partial charge in [0.25, 0.3) is 5.69 Å². The van der Waals surface area contributed by atoms with Crippen molar-refractivity contribution in [3.63, 3.8) is 0 Å². The number of nitrogens with zero attached hydrogens (tertiary/aromatic N) is 1. The SMILES string of the molecule is CC1(C)CCC(NCc2ccc([N+](=O)[O-])cc2Br)CC1. The van der Waals surface area contributed by atoms with Crippen LogP contribution in [0.1, 0.15) is 45.1 Å². The van der Waals surface area contributed by atoms with Crippen LogP contribution in [0.25, 0.3) is 0 Å². The molecule has 2 rings (SSSR count). The Balaban J connectivity index is 1.90. The molecule has 0 radical (unpaired) electrons. The van der Waals surface area contributed by atoms with Crippen molar-refractivity contribution in [2.24, 2.45) is 5.41 Å². The standard InChI is InChI=1S/C15H21BrN2O2/c1-15(2)7-5-12(6-8-15)17-10-11-3-4-13(18(19)20)9-14(11)16/h3-4,9,12,17H,5-8,10H2,1-2H3. The zero-order chi connectivity index (χ0) is 14.8. The van der Waals surface area contributed by atoms with Gasteiger partial charge in [0.15, 0.2) is 0 Å². The van der Waals surface area contributed by atoms with E-state index >= 15 is 0 Å². The first-order chi connectivity index (χ1) is 9.37. The van der Waals surface area contributed by atoms with Crippen molar-refractivity contribution in [1.82, 2.24) is 5.32 Å². The molecule has 5 heteroatoms. The van der Waals surface area contributed by atoms with Gasteiger partial charge < -0.3 is 5.32 Å². The summed E-state index contributed by atoms with van der Waals surface area (Å²) in [7, 11) is 0. The molecule has 0 unspecified atom stereocenters. The topological polar surface area (TPSA) is 55.2 Å². The minimum atomic E-state index is -0.370. The molecule has 0 spiro atoms. The molecule has 1 aliphatic carbocycles. The van der Waals surface area contributed by atoms with E-state index in [2.05, 4.69) is 35.1 Å². The van der Waals surface area contributed by atoms with Gasteiger partial charge in [-0.2, -0.15) is 0 Å². The fourth-order valence-electron chi connectivity index (χ4n) is 2.65. The van der Waals surface area contributed by atoms with Gasteiger partial charge in [-0.25, -0.2) is 0 Å². The average molecular weight is 341 g/mol. The van der Waals surface area contributed by atoms with E-state index in [0.717, 1.165) is 16.6 Å². The number of nitro groups is 1. The van der Waals surface area contributed by atoms with E-state index in [1.165, 1.54) is 25.7 Å². The third-order valence-corrected chi connectivity index (χ3v) is 4.91. The van der Waals surface area contributed by atoms with Crippen LogP contribution < -0.4 is 5.32 Å². The zero-order valence-electron chi connectivity index (χ0n) is 12.0. The summed E-state index contributed by atoms with van der Waals surface area (Å²) in [5.74, 6) is 0. The molecule has 1 aliphatic rings. The van der Waals surface area contributed by atoms with Gasteiger partial charge in [-0.05, 0) is 42.7 Å². The number of hydrogen-bond acceptors (Lipinski definition) is 3. The normalized spacial score (nSPS) is 18.9. The third kappa shape index (κ3) is 4.03. The molecule has 0 heterocycles. The summed E-state index contributed by atoms with van der Waals surface area (Å²) in [6, 6.07) is 5.51. The van der Waals surface area contributed by atoms with Crippen molar-refractivity contribution in [2.45, 2.75) is 52.1 Å². The predicted octanol–water partition coefficient (Wildman–Crippen LogP) is 4.42. The number of halogens is 1. The molecule has 0 saturated heterocycles. The Hall–Kier alpha value is -0.940. The van der Waals surface area contributed by atoms with Crippen LogP contribution in [0.2, 0.25) is 0 Å². The highest BCUT2D eigenvalue weighted by molar-refractivity contribution is 9.10. The van der Waals surface area contributed by atoms with Crippen molar-refractivity contribution in [3.8, 4) is 0 Å². The highest BCUT2D eigenvalue weighted by Crippen LogP contribution is 2.35. The zero-order valence-corrected chi connectivity index (χ0v) is 13.6. The van der Waals surface area contributed by atoms with Gasteiger partial charge in [0.2, 0.25) is 0 Å². The van der Waals surface area contributed by atoms with E-state index in [0.29, 0.717) is 11.5 Å². The van der Waals surface area contributed by atoms with Crippen LogP contribution in [-0.4, -0.2) is 11.0 Å². The first-order valence-electron chi connectivity index (χ1n) is 7.04. The van der Waals surface area contributed by atoms with Crippen LogP contribution >= 0.6 is 15.9 Å². The molecule has 0 aromatic heterocycles. The van der Waals surface area contributed by atoms with Crippen LogP contribution in [0.5, 0.6) is 0 Å². The van der Waals surface area contributed by atoms with E-state index in [1.54, 1.807) is 12.1 Å². The lowest BCUT2D eigenvalue weighted by Crippen LogP contribution is -2.35. The number of benzene rings is 1. The van der Waals surface area contributed by atoms with E-state index in [4.69, 9.17) is 0 Å². The monoisotopic (exact) mass is 340 g/mol. The second kappa shape index (κ2) is 6.22. The summed E-state index contributed by atoms with van der Waals surface area (Å²) >= 11 is 3.41. The number of non-ortho nitro benzene ring substituents is 1. The number of nitro benzene ring substituents is 1. The summed E-state index contributed by atoms with van der Waals surface area (Å²) in [6.45, 7) is 5.41. The van der Waals surface area contributed by atoms with Gasteiger partial charge in [0.05, 0.1) is 4.92 Å². The lowest BCUT2D eigenvalue weighted by Gasteiger charge is -2.34. The molecule has 0 bridgehead atoms.